The van der Waals surface area contributed by atoms with E-state index < -0.39 is 0 Å². The summed E-state index contributed by atoms with van der Waals surface area (Å²) in [6.45, 7) is 9.22. The van der Waals surface area contributed by atoms with E-state index in [2.05, 4.69) is 18.4 Å². The minimum absolute atomic E-state index is 0.00880. The van der Waals surface area contributed by atoms with E-state index in [-0.39, 0.29) is 11.8 Å². The van der Waals surface area contributed by atoms with E-state index in [1.54, 1.807) is 12.1 Å². The maximum absolute atomic E-state index is 12.4. The summed E-state index contributed by atoms with van der Waals surface area (Å²) < 4.78 is 10.8. The van der Waals surface area contributed by atoms with Crippen LogP contribution in [0.2, 0.25) is 0 Å². The van der Waals surface area contributed by atoms with Crippen molar-refractivity contribution in [2.24, 2.45) is 0 Å². The Morgan fingerprint density at radius 1 is 0.931 bits per heavy atom. The Labute approximate surface area is 172 Å². The Bertz CT molecular complexity index is 771. The van der Waals surface area contributed by atoms with Crippen molar-refractivity contribution in [3.8, 4) is 5.75 Å². The zero-order valence-electron chi connectivity index (χ0n) is 17.0. The number of ketones is 1. The quantitative estimate of drug-likeness (QED) is 0.221. The Morgan fingerprint density at radius 3 is 2.17 bits per heavy atom. The lowest BCUT2D eigenvalue weighted by Gasteiger charge is -2.20. The van der Waals surface area contributed by atoms with Crippen LogP contribution >= 0.6 is 0 Å². The first-order chi connectivity index (χ1) is 14.1. The molecule has 0 radical (unpaired) electrons. The Balaban J connectivity index is 1.68. The van der Waals surface area contributed by atoms with Gasteiger partial charge in [0.1, 0.15) is 5.75 Å². The van der Waals surface area contributed by atoms with Gasteiger partial charge in [-0.1, -0.05) is 43.8 Å². The van der Waals surface area contributed by atoms with Crippen molar-refractivity contribution in [3.63, 3.8) is 0 Å². The minimum atomic E-state index is -0.377. The molecular weight excluding hydrogens is 366 g/mol. The second-order valence-electron chi connectivity index (χ2n) is 6.58. The Kier molecular flexibility index (Phi) is 9.66. The molecule has 0 aromatic heterocycles. The number of carbonyl (C=O) groups is 2. The average Bonchev–Trinajstić information content (AvgIpc) is 2.78. The van der Waals surface area contributed by atoms with Crippen LogP contribution in [-0.4, -0.2) is 49.5 Å². The molecule has 0 saturated carbocycles. The molecule has 0 atom stereocenters. The number of hydrogen-bond donors (Lipinski definition) is 0. The molecule has 5 heteroatoms. The molecule has 2 aromatic carbocycles. The lowest BCUT2D eigenvalue weighted by Crippen LogP contribution is -2.27. The van der Waals surface area contributed by atoms with E-state index in [1.165, 1.54) is 6.08 Å². The topological polar surface area (TPSA) is 55.8 Å². The van der Waals surface area contributed by atoms with Gasteiger partial charge in [0.2, 0.25) is 0 Å². The van der Waals surface area contributed by atoms with E-state index in [1.807, 2.05) is 42.5 Å². The standard InChI is InChI=1S/C24H29NO4/c1-3-23(26)29-19-9-17-25(4-2)16-8-18-28-22-14-12-21(13-15-22)24(27)20-10-6-5-7-11-20/h3,5-7,10-15H,1,4,8-9,16-19H2,2H3. The maximum Gasteiger partial charge on any atom is 0.330 e. The van der Waals surface area contributed by atoms with Gasteiger partial charge in [-0.3, -0.25) is 4.79 Å². The monoisotopic (exact) mass is 395 g/mol. The van der Waals surface area contributed by atoms with Crippen LogP contribution in [-0.2, 0) is 9.53 Å². The van der Waals surface area contributed by atoms with E-state index >= 15 is 0 Å². The average molecular weight is 395 g/mol. The number of benzene rings is 2. The summed E-state index contributed by atoms with van der Waals surface area (Å²) in [5, 5.41) is 0. The summed E-state index contributed by atoms with van der Waals surface area (Å²) in [7, 11) is 0. The van der Waals surface area contributed by atoms with E-state index in [4.69, 9.17) is 9.47 Å². The molecule has 0 unspecified atom stereocenters. The van der Waals surface area contributed by atoms with Gasteiger partial charge in [0, 0.05) is 30.3 Å². The van der Waals surface area contributed by atoms with Crippen LogP contribution in [0.3, 0.4) is 0 Å². The summed E-state index contributed by atoms with van der Waals surface area (Å²) >= 11 is 0. The van der Waals surface area contributed by atoms with E-state index in [9.17, 15) is 9.59 Å². The number of rotatable bonds is 13. The second-order valence-corrected chi connectivity index (χ2v) is 6.58. The molecule has 2 aromatic rings. The lowest BCUT2D eigenvalue weighted by molar-refractivity contribution is -0.137. The van der Waals surface area contributed by atoms with Crippen molar-refractivity contribution in [2.75, 3.05) is 32.8 Å². The molecule has 29 heavy (non-hydrogen) atoms. The van der Waals surface area contributed by atoms with Gasteiger partial charge in [-0.15, -0.1) is 0 Å². The van der Waals surface area contributed by atoms with Crippen molar-refractivity contribution in [2.45, 2.75) is 19.8 Å². The van der Waals surface area contributed by atoms with Crippen molar-refractivity contribution < 1.29 is 19.1 Å². The summed E-state index contributed by atoms with van der Waals surface area (Å²) in [4.78, 5) is 25.7. The zero-order valence-corrected chi connectivity index (χ0v) is 17.0. The van der Waals surface area contributed by atoms with Crippen LogP contribution in [0, 0.1) is 0 Å². The summed E-state index contributed by atoms with van der Waals surface area (Å²) in [5.74, 6) is 0.390. The number of carbonyl (C=O) groups excluding carboxylic acids is 2. The number of hydrogen-bond acceptors (Lipinski definition) is 5. The van der Waals surface area contributed by atoms with Crippen LogP contribution in [0.15, 0.2) is 67.3 Å². The maximum atomic E-state index is 12.4. The molecule has 0 spiro atoms. The fourth-order valence-corrected chi connectivity index (χ4v) is 2.88. The van der Waals surface area contributed by atoms with Gasteiger partial charge in [-0.2, -0.15) is 0 Å². The van der Waals surface area contributed by atoms with Gasteiger partial charge >= 0.3 is 5.97 Å². The van der Waals surface area contributed by atoms with E-state index in [0.717, 1.165) is 38.2 Å². The molecule has 2 rings (SSSR count). The highest BCUT2D eigenvalue weighted by Gasteiger charge is 2.08. The normalized spacial score (nSPS) is 10.6. The predicted molar refractivity (Wildman–Crippen MR) is 114 cm³/mol. The van der Waals surface area contributed by atoms with Crippen LogP contribution in [0.1, 0.15) is 35.7 Å². The third-order valence-electron chi connectivity index (χ3n) is 4.52. The van der Waals surface area contributed by atoms with Crippen LogP contribution in [0.4, 0.5) is 0 Å². The number of nitrogens with zero attached hydrogens (tertiary/aromatic N) is 1. The molecule has 0 bridgehead atoms. The number of esters is 1. The zero-order chi connectivity index (χ0) is 20.9. The molecule has 0 fully saturated rings. The lowest BCUT2D eigenvalue weighted by atomic mass is 10.0. The molecule has 0 heterocycles. The van der Waals surface area contributed by atoms with Crippen molar-refractivity contribution >= 4 is 11.8 Å². The highest BCUT2D eigenvalue weighted by atomic mass is 16.5. The summed E-state index contributed by atoms with van der Waals surface area (Å²) in [6.07, 6.45) is 2.87. The molecular formula is C24H29NO4. The summed E-state index contributed by atoms with van der Waals surface area (Å²) in [5.41, 5.74) is 1.33. The SMILES string of the molecule is C=CC(=O)OCCCN(CC)CCCOc1ccc(C(=O)c2ccccc2)cc1. The van der Waals surface area contributed by atoms with Gasteiger partial charge in [-0.05, 0) is 43.7 Å². The largest absolute Gasteiger partial charge is 0.494 e. The van der Waals surface area contributed by atoms with Crippen LogP contribution in [0.25, 0.3) is 0 Å². The highest BCUT2D eigenvalue weighted by molar-refractivity contribution is 6.08. The van der Waals surface area contributed by atoms with Gasteiger partial charge in [0.05, 0.1) is 13.2 Å². The Hall–Kier alpha value is -2.92. The fraction of sp³-hybridized carbons (Fsp3) is 0.333. The molecule has 0 saturated heterocycles. The molecule has 154 valence electrons. The van der Waals surface area contributed by atoms with Crippen LogP contribution in [0.5, 0.6) is 5.75 Å². The van der Waals surface area contributed by atoms with Gasteiger partial charge in [0.25, 0.3) is 0 Å². The third-order valence-corrected chi connectivity index (χ3v) is 4.52. The first kappa shape index (κ1) is 22.4. The molecule has 0 aliphatic carbocycles. The molecule has 0 amide bonds. The first-order valence-corrected chi connectivity index (χ1v) is 9.98. The molecule has 0 aliphatic rings. The number of ether oxygens (including phenoxy) is 2. The second kappa shape index (κ2) is 12.5. The molecule has 0 aliphatic heterocycles. The highest BCUT2D eigenvalue weighted by Crippen LogP contribution is 2.15. The van der Waals surface area contributed by atoms with Gasteiger partial charge < -0.3 is 14.4 Å². The smallest absolute Gasteiger partial charge is 0.330 e. The van der Waals surface area contributed by atoms with E-state index in [0.29, 0.717) is 24.3 Å². The fourth-order valence-electron chi connectivity index (χ4n) is 2.88. The predicted octanol–water partition coefficient (Wildman–Crippen LogP) is 4.13. The van der Waals surface area contributed by atoms with Crippen molar-refractivity contribution in [1.82, 2.24) is 4.90 Å². The first-order valence-electron chi connectivity index (χ1n) is 9.98. The molecule has 5 nitrogen and oxygen atoms in total. The van der Waals surface area contributed by atoms with Gasteiger partial charge in [0.15, 0.2) is 5.78 Å². The summed E-state index contributed by atoms with van der Waals surface area (Å²) in [6, 6.07) is 16.5. The molecule has 0 N–H and O–H groups in total. The minimum Gasteiger partial charge on any atom is -0.494 e. The van der Waals surface area contributed by atoms with Gasteiger partial charge in [-0.25, -0.2) is 4.79 Å². The van der Waals surface area contributed by atoms with Crippen molar-refractivity contribution in [1.29, 1.82) is 0 Å². The Morgan fingerprint density at radius 2 is 1.55 bits per heavy atom. The third kappa shape index (κ3) is 7.92. The van der Waals surface area contributed by atoms with Crippen LogP contribution < -0.4 is 4.74 Å². The van der Waals surface area contributed by atoms with Crippen molar-refractivity contribution in [3.05, 3.63) is 78.4 Å².